The maximum atomic E-state index is 13.3. The van der Waals surface area contributed by atoms with E-state index in [1.54, 1.807) is 41.3 Å². The minimum Gasteiger partial charge on any atom is -0.489 e. The minimum atomic E-state index is -4.48. The van der Waals surface area contributed by atoms with Crippen molar-refractivity contribution < 1.29 is 55.8 Å². The SMILES string of the molecule is O=C1CCC(N2Cc3c(OCc4ccc(Cn5cnc(C(F)(F)F)c5)cc4)cccc3C2=O)C(=O)C1.O=C1CCC(N2Cc3c(OCc4cccc(CN5CCC(c6ccc(F)cc6)CC5)c4)cccc3C2=O)C(=O)C1. The summed E-state index contributed by atoms with van der Waals surface area (Å²) in [5.74, 6) is 0.553. The van der Waals surface area contributed by atoms with E-state index in [2.05, 4.69) is 28.1 Å². The summed E-state index contributed by atoms with van der Waals surface area (Å²) in [5.41, 5.74) is 6.80. The maximum Gasteiger partial charge on any atom is 0.434 e. The molecule has 2 aliphatic carbocycles. The van der Waals surface area contributed by atoms with Crippen LogP contribution in [-0.4, -0.2) is 84.4 Å². The molecule has 0 bridgehead atoms. The molecule has 392 valence electrons. The summed E-state index contributed by atoms with van der Waals surface area (Å²) in [5, 5.41) is 0. The lowest BCUT2D eigenvalue weighted by molar-refractivity contribution is -0.141. The highest BCUT2D eigenvalue weighted by atomic mass is 19.4. The highest BCUT2D eigenvalue weighted by Crippen LogP contribution is 2.37. The van der Waals surface area contributed by atoms with Crippen LogP contribution in [0.5, 0.6) is 11.5 Å². The molecule has 0 N–H and O–H groups in total. The Bertz CT molecular complexity index is 3180. The van der Waals surface area contributed by atoms with Crippen molar-refractivity contribution in [3.05, 3.63) is 183 Å². The summed E-state index contributed by atoms with van der Waals surface area (Å²) in [6, 6.07) is 32.1. The first-order chi connectivity index (χ1) is 36.6. The number of carbonyl (C=O) groups is 6. The van der Waals surface area contributed by atoms with Gasteiger partial charge in [0.1, 0.15) is 42.1 Å². The predicted octanol–water partition coefficient (Wildman–Crippen LogP) is 9.61. The van der Waals surface area contributed by atoms with Crippen LogP contribution in [0.4, 0.5) is 17.6 Å². The second-order valence-electron chi connectivity index (χ2n) is 20.1. The fraction of sp³-hybridized carbons (Fsp3) is 0.339. The molecule has 5 aromatic carbocycles. The Balaban J connectivity index is 0.000000174. The molecule has 2 saturated carbocycles. The number of amides is 2. The van der Waals surface area contributed by atoms with Gasteiger partial charge in [0.25, 0.3) is 11.8 Å². The van der Waals surface area contributed by atoms with E-state index in [4.69, 9.17) is 9.47 Å². The Morgan fingerprint density at radius 2 is 1.11 bits per heavy atom. The summed E-state index contributed by atoms with van der Waals surface area (Å²) >= 11 is 0. The molecule has 2 unspecified atom stereocenters. The summed E-state index contributed by atoms with van der Waals surface area (Å²) in [6.07, 6.45) is 0.916. The number of aromatic nitrogens is 2. The lowest BCUT2D eigenvalue weighted by atomic mass is 9.89. The Hall–Kier alpha value is -7.79. The molecule has 6 aromatic rings. The molecule has 1 aromatic heterocycles. The topological polar surface area (TPSA) is 148 Å². The van der Waals surface area contributed by atoms with E-state index in [0.717, 1.165) is 67.3 Å². The Kier molecular flexibility index (Phi) is 15.1. The summed E-state index contributed by atoms with van der Waals surface area (Å²) < 4.78 is 65.1. The van der Waals surface area contributed by atoms with Gasteiger partial charge in [-0.25, -0.2) is 9.37 Å². The van der Waals surface area contributed by atoms with Gasteiger partial charge >= 0.3 is 6.18 Å². The van der Waals surface area contributed by atoms with E-state index in [0.29, 0.717) is 72.9 Å². The number of ether oxygens (including phenoxy) is 2. The fourth-order valence-electron chi connectivity index (χ4n) is 10.9. The number of halogens is 4. The van der Waals surface area contributed by atoms with Crippen LogP contribution in [0.2, 0.25) is 0 Å². The van der Waals surface area contributed by atoms with Gasteiger partial charge in [-0.2, -0.15) is 13.2 Å². The zero-order chi connectivity index (χ0) is 53.1. The van der Waals surface area contributed by atoms with Crippen molar-refractivity contribution in [1.29, 1.82) is 0 Å². The van der Waals surface area contributed by atoms with E-state index in [1.807, 2.05) is 54.6 Å². The lowest BCUT2D eigenvalue weighted by Gasteiger charge is -2.32. The number of benzene rings is 5. The molecular formula is C59H55F4N5O8. The number of hydrogen-bond donors (Lipinski definition) is 0. The molecule has 1 saturated heterocycles. The number of Topliss-reactive ketones (excluding diaryl/α,β-unsaturated/α-hetero) is 4. The van der Waals surface area contributed by atoms with Crippen molar-refractivity contribution in [1.82, 2.24) is 24.3 Å². The number of fused-ring (bicyclic) bond motifs is 2. The predicted molar refractivity (Wildman–Crippen MR) is 269 cm³/mol. The Labute approximate surface area is 436 Å². The average Bonchev–Trinajstić information content (AvgIpc) is 4.14. The summed E-state index contributed by atoms with van der Waals surface area (Å²) in [7, 11) is 0. The van der Waals surface area contributed by atoms with Gasteiger partial charge in [0.2, 0.25) is 0 Å². The van der Waals surface area contributed by atoms with E-state index >= 15 is 0 Å². The first kappa shape index (κ1) is 51.7. The normalized spacial score (nSPS) is 19.2. The molecule has 0 spiro atoms. The standard InChI is InChI=1S/C33H33FN2O4.C26H22F3N3O4/c34-26-9-7-24(8-10-26)25-13-15-35(16-14-25)19-22-3-1-4-23(17-22)21-40-32-6-2-5-28-29(32)20-36(33(28)39)30-12-11-27(37)18-31(30)38;27-26(28,29)24-13-31(15-30-24)11-16-4-6-17(7-5-16)14-36-23-3-1-2-19-20(23)12-32(25(19)35)21-9-8-18(33)10-22(21)34/h1-10,17,25,30H,11-16,18-21H2;1-7,13,15,21H,8-12,14H2. The number of hydrogen-bond acceptors (Lipinski definition) is 10. The zero-order valence-corrected chi connectivity index (χ0v) is 41.6. The van der Waals surface area contributed by atoms with Crippen molar-refractivity contribution in [2.24, 2.45) is 0 Å². The first-order valence-electron chi connectivity index (χ1n) is 25.6. The van der Waals surface area contributed by atoms with Crippen LogP contribution in [0.25, 0.3) is 0 Å². The van der Waals surface area contributed by atoms with Crippen LogP contribution in [0.3, 0.4) is 0 Å². The first-order valence-corrected chi connectivity index (χ1v) is 25.6. The molecule has 2 amide bonds. The molecule has 76 heavy (non-hydrogen) atoms. The van der Waals surface area contributed by atoms with Crippen LogP contribution >= 0.6 is 0 Å². The molecule has 4 heterocycles. The third-order valence-corrected chi connectivity index (χ3v) is 15.0. The molecule has 11 rings (SSSR count). The van der Waals surface area contributed by atoms with Crippen LogP contribution in [0.1, 0.15) is 123 Å². The number of ketones is 4. The van der Waals surface area contributed by atoms with Gasteiger partial charge in [0, 0.05) is 54.4 Å². The van der Waals surface area contributed by atoms with Gasteiger partial charge in [-0.1, -0.05) is 72.8 Å². The second-order valence-corrected chi connectivity index (χ2v) is 20.1. The van der Waals surface area contributed by atoms with E-state index in [1.165, 1.54) is 20.6 Å². The van der Waals surface area contributed by atoms with Crippen LogP contribution in [0.15, 0.2) is 122 Å². The summed E-state index contributed by atoms with van der Waals surface area (Å²) in [4.78, 5) is 83.2. The average molecular weight is 1040 g/mol. The van der Waals surface area contributed by atoms with Crippen LogP contribution in [0, 0.1) is 5.82 Å². The largest absolute Gasteiger partial charge is 0.489 e. The molecule has 13 nitrogen and oxygen atoms in total. The molecular weight excluding hydrogens is 983 g/mol. The molecule has 3 fully saturated rings. The Morgan fingerprint density at radius 3 is 1.64 bits per heavy atom. The van der Waals surface area contributed by atoms with Gasteiger partial charge in [0.15, 0.2) is 17.3 Å². The van der Waals surface area contributed by atoms with Gasteiger partial charge in [0.05, 0.1) is 44.3 Å². The van der Waals surface area contributed by atoms with Gasteiger partial charge in [-0.05, 0) is 109 Å². The number of alkyl halides is 3. The third kappa shape index (κ3) is 11.7. The van der Waals surface area contributed by atoms with Gasteiger partial charge in [-0.3, -0.25) is 33.7 Å². The fourth-order valence-corrected chi connectivity index (χ4v) is 10.9. The van der Waals surface area contributed by atoms with Crippen molar-refractivity contribution >= 4 is 34.9 Å². The number of carbonyl (C=O) groups excluding carboxylic acids is 6. The number of piperidine rings is 1. The van der Waals surface area contributed by atoms with Crippen molar-refractivity contribution in [2.75, 3.05) is 13.1 Å². The van der Waals surface area contributed by atoms with Crippen molar-refractivity contribution in [3.63, 3.8) is 0 Å². The molecule has 2 atom stereocenters. The quantitative estimate of drug-likeness (QED) is 0.0809. The van der Waals surface area contributed by atoms with E-state index < -0.39 is 24.0 Å². The Morgan fingerprint density at radius 1 is 0.579 bits per heavy atom. The number of imidazole rings is 1. The van der Waals surface area contributed by atoms with Crippen LogP contribution in [-0.2, 0) is 64.7 Å². The van der Waals surface area contributed by atoms with Crippen molar-refractivity contribution in [3.8, 4) is 11.5 Å². The van der Waals surface area contributed by atoms with Gasteiger partial charge < -0.3 is 23.8 Å². The van der Waals surface area contributed by atoms with E-state index in [9.17, 15) is 46.3 Å². The number of nitrogens with zero attached hydrogens (tertiary/aromatic N) is 5. The molecule has 5 aliphatic rings. The molecule has 3 aliphatic heterocycles. The zero-order valence-electron chi connectivity index (χ0n) is 41.6. The lowest BCUT2D eigenvalue weighted by Crippen LogP contribution is -2.44. The smallest absolute Gasteiger partial charge is 0.434 e. The summed E-state index contributed by atoms with van der Waals surface area (Å²) in [6.45, 7) is 4.29. The maximum absolute atomic E-state index is 13.3. The van der Waals surface area contributed by atoms with Crippen LogP contribution < -0.4 is 9.47 Å². The van der Waals surface area contributed by atoms with Crippen molar-refractivity contribution in [2.45, 2.75) is 115 Å². The molecule has 0 radical (unpaired) electrons. The minimum absolute atomic E-state index is 0.0499. The number of rotatable bonds is 13. The highest BCUT2D eigenvalue weighted by molar-refractivity contribution is 6.08. The highest BCUT2D eigenvalue weighted by Gasteiger charge is 2.42. The van der Waals surface area contributed by atoms with E-state index in [-0.39, 0.29) is 73.3 Å². The third-order valence-electron chi connectivity index (χ3n) is 15.0. The van der Waals surface area contributed by atoms with Gasteiger partial charge in [-0.15, -0.1) is 0 Å². The monoisotopic (exact) mass is 1040 g/mol. The molecule has 17 heteroatoms. The second kappa shape index (κ2) is 22.2. The number of likely N-dealkylation sites (tertiary alicyclic amines) is 1.